The first-order chi connectivity index (χ1) is 8.22. The van der Waals surface area contributed by atoms with Crippen LogP contribution in [0.1, 0.15) is 20.7 Å². The van der Waals surface area contributed by atoms with Crippen LogP contribution < -0.4 is 5.73 Å². The largest absolute Gasteiger partial charge is 0.366 e. The van der Waals surface area contributed by atoms with E-state index in [2.05, 4.69) is 0 Å². The lowest BCUT2D eigenvalue weighted by Crippen LogP contribution is -2.13. The summed E-state index contributed by atoms with van der Waals surface area (Å²) in [5.74, 6) is -0.593. The van der Waals surface area contributed by atoms with Crippen molar-refractivity contribution in [3.63, 3.8) is 0 Å². The minimum atomic E-state index is -0.593. The fourth-order valence-electron chi connectivity index (χ4n) is 1.68. The molecule has 84 valence electrons. The highest BCUT2D eigenvalue weighted by Crippen LogP contribution is 2.21. The third kappa shape index (κ3) is 2.23. The molecule has 2 rings (SSSR count). The molecule has 0 aromatic heterocycles. The lowest BCUT2D eigenvalue weighted by Gasteiger charge is -2.05. The molecule has 0 aliphatic heterocycles. The Kier molecular flexibility index (Phi) is 3.01. The smallest absolute Gasteiger partial charge is 0.249 e. The summed E-state index contributed by atoms with van der Waals surface area (Å²) in [7, 11) is 0. The number of primary amides is 1. The summed E-state index contributed by atoms with van der Waals surface area (Å²) in [5, 5.41) is 0. The van der Waals surface area contributed by atoms with Crippen LogP contribution >= 0.6 is 0 Å². The fourth-order valence-corrected chi connectivity index (χ4v) is 1.68. The Morgan fingerprint density at radius 3 is 2.29 bits per heavy atom. The highest BCUT2D eigenvalue weighted by Gasteiger charge is 2.09. The normalized spacial score (nSPS) is 9.88. The summed E-state index contributed by atoms with van der Waals surface area (Å²) >= 11 is 0. The van der Waals surface area contributed by atoms with Crippen molar-refractivity contribution in [1.29, 1.82) is 0 Å². The van der Waals surface area contributed by atoms with Gasteiger partial charge < -0.3 is 5.73 Å². The number of benzene rings is 2. The van der Waals surface area contributed by atoms with E-state index in [-0.39, 0.29) is 5.56 Å². The zero-order valence-corrected chi connectivity index (χ0v) is 9.09. The van der Waals surface area contributed by atoms with Gasteiger partial charge in [0.1, 0.15) is 0 Å². The molecule has 17 heavy (non-hydrogen) atoms. The molecule has 0 aliphatic carbocycles. The summed E-state index contributed by atoms with van der Waals surface area (Å²) in [6.07, 6.45) is 0.634. The van der Waals surface area contributed by atoms with Gasteiger partial charge in [0.2, 0.25) is 5.91 Å². The van der Waals surface area contributed by atoms with Crippen LogP contribution in [-0.2, 0) is 0 Å². The molecule has 0 aliphatic rings. The van der Waals surface area contributed by atoms with Gasteiger partial charge in [-0.2, -0.15) is 0 Å². The maximum absolute atomic E-state index is 11.2. The number of carbonyl (C=O) groups is 2. The molecular weight excluding hydrogens is 214 g/mol. The van der Waals surface area contributed by atoms with E-state index < -0.39 is 5.91 Å². The first-order valence-corrected chi connectivity index (χ1v) is 5.17. The molecule has 0 bridgehead atoms. The van der Waals surface area contributed by atoms with E-state index in [0.29, 0.717) is 11.8 Å². The first-order valence-electron chi connectivity index (χ1n) is 5.17. The van der Waals surface area contributed by atoms with Crippen molar-refractivity contribution in [2.45, 2.75) is 0 Å². The third-order valence-corrected chi connectivity index (χ3v) is 2.55. The van der Waals surface area contributed by atoms with Crippen LogP contribution in [0.5, 0.6) is 0 Å². The van der Waals surface area contributed by atoms with Crippen LogP contribution in [0.3, 0.4) is 0 Å². The van der Waals surface area contributed by atoms with Crippen molar-refractivity contribution in [2.24, 2.45) is 5.73 Å². The Morgan fingerprint density at radius 1 is 1.00 bits per heavy atom. The molecule has 0 unspecified atom stereocenters. The number of amides is 1. The van der Waals surface area contributed by atoms with Gasteiger partial charge in [0.05, 0.1) is 5.56 Å². The number of hydrogen-bond acceptors (Lipinski definition) is 2. The number of aldehydes is 1. The number of nitrogens with two attached hydrogens (primary N) is 1. The highest BCUT2D eigenvalue weighted by molar-refractivity contribution is 6.01. The zero-order chi connectivity index (χ0) is 12.3. The molecule has 0 saturated heterocycles. The number of hydrogen-bond donors (Lipinski definition) is 1. The molecule has 0 atom stereocenters. The quantitative estimate of drug-likeness (QED) is 0.814. The van der Waals surface area contributed by atoms with Crippen molar-refractivity contribution in [3.8, 4) is 11.1 Å². The molecular formula is C14H11NO2. The second kappa shape index (κ2) is 4.61. The summed E-state index contributed by atoms with van der Waals surface area (Å²) in [6.45, 7) is 0. The van der Waals surface area contributed by atoms with Crippen molar-refractivity contribution < 1.29 is 9.59 Å². The Bertz CT molecular complexity index is 562. The number of rotatable bonds is 3. The van der Waals surface area contributed by atoms with Crippen LogP contribution in [0.15, 0.2) is 48.5 Å². The second-order valence-corrected chi connectivity index (χ2v) is 3.65. The molecule has 2 aromatic rings. The van der Waals surface area contributed by atoms with Gasteiger partial charge in [0.15, 0.2) is 6.29 Å². The van der Waals surface area contributed by atoms with Gasteiger partial charge in [-0.3, -0.25) is 9.59 Å². The lowest BCUT2D eigenvalue weighted by atomic mass is 9.99. The minimum absolute atomic E-state index is 0.251. The first kappa shape index (κ1) is 11.1. The van der Waals surface area contributed by atoms with Gasteiger partial charge in [-0.1, -0.05) is 42.5 Å². The van der Waals surface area contributed by atoms with Gasteiger partial charge in [-0.15, -0.1) is 0 Å². The second-order valence-electron chi connectivity index (χ2n) is 3.65. The van der Waals surface area contributed by atoms with Crippen molar-refractivity contribution >= 4 is 12.2 Å². The molecule has 3 heteroatoms. The SMILES string of the molecule is NC(=O)c1cc(-c2ccccc2)ccc1C=O. The predicted molar refractivity (Wildman–Crippen MR) is 65.8 cm³/mol. The van der Waals surface area contributed by atoms with E-state index in [9.17, 15) is 9.59 Å². The van der Waals surface area contributed by atoms with Gasteiger partial charge in [0.25, 0.3) is 0 Å². The molecule has 1 amide bonds. The Hall–Kier alpha value is -2.42. The molecule has 0 saturated carbocycles. The maximum atomic E-state index is 11.2. The monoisotopic (exact) mass is 225 g/mol. The topological polar surface area (TPSA) is 60.2 Å². The number of carbonyl (C=O) groups excluding carboxylic acids is 2. The van der Waals surface area contributed by atoms with E-state index in [4.69, 9.17) is 5.73 Å². The molecule has 0 spiro atoms. The van der Waals surface area contributed by atoms with Crippen LogP contribution in [0, 0.1) is 0 Å². The van der Waals surface area contributed by atoms with Gasteiger partial charge in [-0.05, 0) is 17.2 Å². The Balaban J connectivity index is 2.55. The molecule has 3 nitrogen and oxygen atoms in total. The maximum Gasteiger partial charge on any atom is 0.249 e. The molecule has 2 aromatic carbocycles. The Morgan fingerprint density at radius 2 is 1.71 bits per heavy atom. The van der Waals surface area contributed by atoms with Crippen LogP contribution in [0.2, 0.25) is 0 Å². The van der Waals surface area contributed by atoms with E-state index in [0.717, 1.165) is 11.1 Å². The van der Waals surface area contributed by atoms with Gasteiger partial charge in [-0.25, -0.2) is 0 Å². The van der Waals surface area contributed by atoms with Gasteiger partial charge in [0, 0.05) is 5.56 Å². The summed E-state index contributed by atoms with van der Waals surface area (Å²) in [4.78, 5) is 22.0. The van der Waals surface area contributed by atoms with Crippen molar-refractivity contribution in [3.05, 3.63) is 59.7 Å². The molecule has 0 radical (unpaired) electrons. The summed E-state index contributed by atoms with van der Waals surface area (Å²) in [5.41, 5.74) is 7.65. The molecule has 2 N–H and O–H groups in total. The fraction of sp³-hybridized carbons (Fsp3) is 0. The van der Waals surface area contributed by atoms with Crippen molar-refractivity contribution in [1.82, 2.24) is 0 Å². The zero-order valence-electron chi connectivity index (χ0n) is 9.09. The van der Waals surface area contributed by atoms with E-state index in [1.54, 1.807) is 18.2 Å². The van der Waals surface area contributed by atoms with Gasteiger partial charge >= 0.3 is 0 Å². The van der Waals surface area contributed by atoms with E-state index in [1.165, 1.54) is 0 Å². The summed E-state index contributed by atoms with van der Waals surface area (Å²) in [6, 6.07) is 14.6. The van der Waals surface area contributed by atoms with E-state index >= 15 is 0 Å². The standard InChI is InChI=1S/C14H11NO2/c15-14(17)13-8-11(6-7-12(13)9-16)10-4-2-1-3-5-10/h1-9H,(H2,15,17). The van der Waals surface area contributed by atoms with Crippen molar-refractivity contribution in [2.75, 3.05) is 0 Å². The Labute approximate surface area is 98.9 Å². The molecule has 0 fully saturated rings. The van der Waals surface area contributed by atoms with Crippen LogP contribution in [0.4, 0.5) is 0 Å². The molecule has 0 heterocycles. The van der Waals surface area contributed by atoms with Crippen LogP contribution in [-0.4, -0.2) is 12.2 Å². The minimum Gasteiger partial charge on any atom is -0.366 e. The average Bonchev–Trinajstić information content (AvgIpc) is 2.39. The van der Waals surface area contributed by atoms with Crippen LogP contribution in [0.25, 0.3) is 11.1 Å². The average molecular weight is 225 g/mol. The summed E-state index contributed by atoms with van der Waals surface area (Å²) < 4.78 is 0. The highest BCUT2D eigenvalue weighted by atomic mass is 16.1. The predicted octanol–water partition coefficient (Wildman–Crippen LogP) is 2.27. The van der Waals surface area contributed by atoms with E-state index in [1.807, 2.05) is 30.3 Å². The third-order valence-electron chi connectivity index (χ3n) is 2.55. The lowest BCUT2D eigenvalue weighted by molar-refractivity contribution is 0.0993.